The molecule has 0 bridgehead atoms. The summed E-state index contributed by atoms with van der Waals surface area (Å²) in [4.78, 5) is 13.4. The van der Waals surface area contributed by atoms with Crippen LogP contribution in [-0.4, -0.2) is 101 Å². The number of ether oxygens (including phenoxy) is 3. The van der Waals surface area contributed by atoms with Gasteiger partial charge in [-0.2, -0.15) is 0 Å². The fourth-order valence-electron chi connectivity index (χ4n) is 5.56. The van der Waals surface area contributed by atoms with Crippen LogP contribution in [-0.2, 0) is 14.3 Å². The van der Waals surface area contributed by atoms with Crippen molar-refractivity contribution in [3.05, 3.63) is 29.8 Å². The number of benzene rings is 1. The largest absolute Gasteiger partial charge is 0.497 e. The van der Waals surface area contributed by atoms with E-state index in [9.17, 15) is 20.1 Å². The van der Waals surface area contributed by atoms with Crippen LogP contribution in [0.15, 0.2) is 24.3 Å². The lowest BCUT2D eigenvalue weighted by atomic mass is 9.85. The summed E-state index contributed by atoms with van der Waals surface area (Å²) in [6, 6.07) is 6.75. The highest BCUT2D eigenvalue weighted by Gasteiger charge is 2.49. The average molecular weight is 545 g/mol. The summed E-state index contributed by atoms with van der Waals surface area (Å²) >= 11 is 7.64. The van der Waals surface area contributed by atoms with Gasteiger partial charge >= 0.3 is 0 Å². The molecule has 1 amide bonds. The highest BCUT2D eigenvalue weighted by atomic mass is 35.5. The molecule has 11 heteroatoms. The van der Waals surface area contributed by atoms with Gasteiger partial charge in [0.2, 0.25) is 5.91 Å². The first-order chi connectivity index (χ1) is 17.2. The molecule has 36 heavy (non-hydrogen) atoms. The number of aliphatic hydroxyl groups excluding tert-OH is 3. The van der Waals surface area contributed by atoms with Crippen molar-refractivity contribution < 1.29 is 34.3 Å². The van der Waals surface area contributed by atoms with E-state index in [2.05, 4.69) is 22.8 Å². The number of alkyl halides is 1. The van der Waals surface area contributed by atoms with E-state index in [1.54, 1.807) is 20.3 Å². The van der Waals surface area contributed by atoms with Gasteiger partial charge in [-0.25, -0.2) is 0 Å². The lowest BCUT2D eigenvalue weighted by Gasteiger charge is -2.44. The minimum absolute atomic E-state index is 0.164. The van der Waals surface area contributed by atoms with Gasteiger partial charge in [-0.05, 0) is 49.6 Å². The molecule has 0 aliphatic carbocycles. The summed E-state index contributed by atoms with van der Waals surface area (Å²) < 4.78 is 17.3. The van der Waals surface area contributed by atoms with E-state index >= 15 is 0 Å². The Morgan fingerprint density at radius 1 is 1.22 bits per heavy atom. The zero-order chi connectivity index (χ0) is 26.0. The maximum Gasteiger partial charge on any atom is 0.240 e. The number of thioether (sulfide) groups is 1. The molecule has 3 unspecified atom stereocenters. The van der Waals surface area contributed by atoms with Crippen molar-refractivity contribution in [1.82, 2.24) is 10.6 Å². The van der Waals surface area contributed by atoms with Gasteiger partial charge in [0.15, 0.2) is 0 Å². The van der Waals surface area contributed by atoms with Crippen molar-refractivity contribution in [3.63, 3.8) is 0 Å². The molecule has 3 fully saturated rings. The van der Waals surface area contributed by atoms with Gasteiger partial charge in [-0.1, -0.05) is 12.1 Å². The molecule has 11 atom stereocenters. The van der Waals surface area contributed by atoms with Crippen LogP contribution >= 0.6 is 23.4 Å². The first-order valence-corrected chi connectivity index (χ1v) is 14.1. The average Bonchev–Trinajstić information content (AvgIpc) is 3.16. The molecule has 0 saturated carbocycles. The molecule has 9 nitrogen and oxygen atoms in total. The van der Waals surface area contributed by atoms with Gasteiger partial charge in [0.25, 0.3) is 0 Å². The fraction of sp³-hybridized carbons (Fsp3) is 0.720. The van der Waals surface area contributed by atoms with Crippen LogP contribution in [0, 0.1) is 5.92 Å². The highest BCUT2D eigenvalue weighted by Crippen LogP contribution is 2.37. The number of nitrogens with one attached hydrogen (secondary N) is 2. The van der Waals surface area contributed by atoms with Crippen LogP contribution in [0.2, 0.25) is 0 Å². The van der Waals surface area contributed by atoms with Crippen molar-refractivity contribution in [2.24, 2.45) is 5.92 Å². The summed E-state index contributed by atoms with van der Waals surface area (Å²) in [5, 5.41) is 36.8. The molecule has 4 rings (SSSR count). The van der Waals surface area contributed by atoms with E-state index < -0.39 is 47.3 Å². The van der Waals surface area contributed by atoms with Gasteiger partial charge in [0, 0.05) is 19.1 Å². The predicted molar refractivity (Wildman–Crippen MR) is 137 cm³/mol. The van der Waals surface area contributed by atoms with Crippen molar-refractivity contribution in [3.8, 4) is 5.75 Å². The van der Waals surface area contributed by atoms with E-state index in [0.717, 1.165) is 18.6 Å². The van der Waals surface area contributed by atoms with E-state index in [1.807, 2.05) is 12.1 Å². The minimum atomic E-state index is -1.41. The summed E-state index contributed by atoms with van der Waals surface area (Å²) in [5.74, 6) is 1.02. The van der Waals surface area contributed by atoms with Crippen LogP contribution in [0.1, 0.15) is 31.2 Å². The molecule has 1 aromatic carbocycles. The molecule has 202 valence electrons. The first-order valence-electron chi connectivity index (χ1n) is 12.4. The molecule has 0 radical (unpaired) electrons. The molecule has 0 aromatic heterocycles. The monoisotopic (exact) mass is 544 g/mol. The summed E-state index contributed by atoms with van der Waals surface area (Å²) in [6.45, 7) is 2.89. The predicted octanol–water partition coefficient (Wildman–Crippen LogP) is 0.829. The Morgan fingerprint density at radius 3 is 2.58 bits per heavy atom. The molecule has 3 aliphatic rings. The van der Waals surface area contributed by atoms with Gasteiger partial charge in [-0.3, -0.25) is 4.79 Å². The van der Waals surface area contributed by atoms with Crippen molar-refractivity contribution in [2.45, 2.75) is 79.1 Å². The highest BCUT2D eigenvalue weighted by molar-refractivity contribution is 7.99. The van der Waals surface area contributed by atoms with Crippen LogP contribution in [0.5, 0.6) is 5.75 Å². The number of methoxy groups -OCH3 is 1. The molecule has 3 heterocycles. The fourth-order valence-corrected chi connectivity index (χ4v) is 6.45. The third-order valence-corrected chi connectivity index (χ3v) is 8.75. The first kappa shape index (κ1) is 27.9. The van der Waals surface area contributed by atoms with E-state index in [0.29, 0.717) is 19.1 Å². The Kier molecular flexibility index (Phi) is 9.43. The number of rotatable bonds is 7. The lowest BCUT2D eigenvalue weighted by Crippen LogP contribution is -2.65. The molecule has 5 N–H and O–H groups in total. The Balaban J connectivity index is 1.43. The molecule has 3 saturated heterocycles. The lowest BCUT2D eigenvalue weighted by molar-refractivity contribution is -0.205. The quantitative estimate of drug-likeness (QED) is 0.317. The molecular weight excluding hydrogens is 508 g/mol. The van der Waals surface area contributed by atoms with Crippen LogP contribution in [0.4, 0.5) is 0 Å². The SMILES string of the molecule is COc1ccc([C@@H]2CCO[C@@H]3[C@H](CN[C@@H]3C(=O)N[C@H]([C@H](C)Cl)[C@H]3OC(SC)[C@H](O)C(O)C3O)C2)cc1. The third kappa shape index (κ3) is 5.81. The Morgan fingerprint density at radius 2 is 1.94 bits per heavy atom. The molecule has 0 spiro atoms. The Bertz CT molecular complexity index is 876. The van der Waals surface area contributed by atoms with Gasteiger partial charge in [0.05, 0.1) is 24.6 Å². The van der Waals surface area contributed by atoms with E-state index in [4.69, 9.17) is 25.8 Å². The second-order valence-corrected chi connectivity index (χ2v) is 11.5. The number of carbonyl (C=O) groups is 1. The van der Waals surface area contributed by atoms with Crippen LogP contribution < -0.4 is 15.4 Å². The Labute approximate surface area is 221 Å². The minimum Gasteiger partial charge on any atom is -0.497 e. The maximum absolute atomic E-state index is 13.4. The zero-order valence-electron chi connectivity index (χ0n) is 20.7. The smallest absolute Gasteiger partial charge is 0.240 e. The number of hydrogen-bond acceptors (Lipinski definition) is 9. The number of fused-ring (bicyclic) bond motifs is 1. The summed E-state index contributed by atoms with van der Waals surface area (Å²) in [5.41, 5.74) is 0.480. The maximum atomic E-state index is 13.4. The van der Waals surface area contributed by atoms with E-state index in [1.165, 1.54) is 17.3 Å². The van der Waals surface area contributed by atoms with Crippen molar-refractivity contribution in [2.75, 3.05) is 26.5 Å². The van der Waals surface area contributed by atoms with Crippen molar-refractivity contribution >= 4 is 29.3 Å². The standard InChI is InChI=1S/C25H37ClN2O7S/c1-12(26)17(23-20(30)19(29)21(31)25(35-23)36-3)28-24(32)18-22-15(11-27-18)10-14(8-9-34-22)13-4-6-16(33-2)7-5-13/h4-7,12,14-15,17-23,25,27,29-31H,8-11H2,1-3H3,(H,28,32)/t12-,14+,15-,17+,18-,19?,20?,21+,22+,23+,25?/m0/s1. The third-order valence-electron chi connectivity index (χ3n) is 7.62. The summed E-state index contributed by atoms with van der Waals surface area (Å²) in [7, 11) is 1.65. The Hall–Kier alpha value is -1.11. The molecular formula is C25H37ClN2O7S. The topological polar surface area (TPSA) is 130 Å². The van der Waals surface area contributed by atoms with Crippen LogP contribution in [0.3, 0.4) is 0 Å². The van der Waals surface area contributed by atoms with Crippen molar-refractivity contribution in [1.29, 1.82) is 0 Å². The van der Waals surface area contributed by atoms with Gasteiger partial charge in [0.1, 0.15) is 41.6 Å². The molecule has 3 aliphatic heterocycles. The number of aliphatic hydroxyl groups is 3. The number of halogens is 1. The summed E-state index contributed by atoms with van der Waals surface area (Å²) in [6.07, 6.45) is -1.84. The van der Waals surface area contributed by atoms with Crippen LogP contribution in [0.25, 0.3) is 0 Å². The normalized spacial score (nSPS) is 38.5. The zero-order valence-corrected chi connectivity index (χ0v) is 22.3. The van der Waals surface area contributed by atoms with E-state index in [-0.39, 0.29) is 17.9 Å². The number of amides is 1. The molecule has 1 aromatic rings. The van der Waals surface area contributed by atoms with Gasteiger partial charge < -0.3 is 40.2 Å². The second-order valence-electron chi connectivity index (χ2n) is 9.86. The van der Waals surface area contributed by atoms with Gasteiger partial charge in [-0.15, -0.1) is 23.4 Å². The second kappa shape index (κ2) is 12.2. The number of carbonyl (C=O) groups excluding carboxylic acids is 1. The number of hydrogen-bond donors (Lipinski definition) is 5.